The maximum absolute atomic E-state index is 11.7. The van der Waals surface area contributed by atoms with E-state index in [0.29, 0.717) is 6.04 Å². The first-order chi connectivity index (χ1) is 6.81. The van der Waals surface area contributed by atoms with Gasteiger partial charge < -0.3 is 15.0 Å². The zero-order valence-corrected chi connectivity index (χ0v) is 8.66. The summed E-state index contributed by atoms with van der Waals surface area (Å²) in [6.45, 7) is 4.67. The third-order valence-electron chi connectivity index (χ3n) is 2.85. The molecule has 2 fully saturated rings. The molecule has 4 nitrogen and oxygen atoms in total. The number of hydrogen-bond acceptors (Lipinski definition) is 3. The van der Waals surface area contributed by atoms with Crippen molar-refractivity contribution < 1.29 is 9.53 Å². The maximum Gasteiger partial charge on any atom is 0.410 e. The van der Waals surface area contributed by atoms with Crippen molar-refractivity contribution in [2.75, 3.05) is 19.6 Å². The summed E-state index contributed by atoms with van der Waals surface area (Å²) in [4.78, 5) is 13.6. The Hall–Kier alpha value is -0.770. The van der Waals surface area contributed by atoms with Gasteiger partial charge in [-0.25, -0.2) is 4.79 Å². The Bertz CT molecular complexity index is 216. The molecule has 1 aliphatic heterocycles. The summed E-state index contributed by atoms with van der Waals surface area (Å²) in [6, 6.07) is 0.315. The van der Waals surface area contributed by atoms with Crippen molar-refractivity contribution in [3.8, 4) is 0 Å². The summed E-state index contributed by atoms with van der Waals surface area (Å²) >= 11 is 0. The van der Waals surface area contributed by atoms with Crippen LogP contribution in [0.2, 0.25) is 0 Å². The monoisotopic (exact) mass is 198 g/mol. The largest absolute Gasteiger partial charge is 0.446 e. The molecule has 0 spiro atoms. The minimum Gasteiger partial charge on any atom is -0.446 e. The van der Waals surface area contributed by atoms with Gasteiger partial charge in [-0.1, -0.05) is 6.92 Å². The van der Waals surface area contributed by atoms with E-state index in [4.69, 9.17) is 4.74 Å². The zero-order chi connectivity index (χ0) is 9.97. The van der Waals surface area contributed by atoms with Crippen LogP contribution in [-0.4, -0.2) is 42.8 Å². The standard InChI is InChI=1S/C10H18N2O2/c1-2-8-7-11-5-6-12(8)10(13)14-9-3-4-9/h8-9,11H,2-7H2,1H3/t8-/m0/s1. The molecule has 1 aliphatic carbocycles. The molecule has 1 N–H and O–H groups in total. The van der Waals surface area contributed by atoms with E-state index in [1.54, 1.807) is 0 Å². The molecule has 4 heteroatoms. The van der Waals surface area contributed by atoms with Crippen molar-refractivity contribution in [2.24, 2.45) is 0 Å². The van der Waals surface area contributed by atoms with Gasteiger partial charge in [-0.05, 0) is 19.3 Å². The lowest BCUT2D eigenvalue weighted by molar-refractivity contribution is 0.0711. The summed E-state index contributed by atoms with van der Waals surface area (Å²) in [6.07, 6.45) is 3.20. The lowest BCUT2D eigenvalue weighted by Crippen LogP contribution is -2.53. The van der Waals surface area contributed by atoms with Crippen molar-refractivity contribution >= 4 is 6.09 Å². The quantitative estimate of drug-likeness (QED) is 0.719. The van der Waals surface area contributed by atoms with Crippen LogP contribution in [0.5, 0.6) is 0 Å². The van der Waals surface area contributed by atoms with Crippen molar-refractivity contribution in [2.45, 2.75) is 38.3 Å². The Labute approximate surface area is 84.6 Å². The lowest BCUT2D eigenvalue weighted by atomic mass is 10.1. The number of nitrogens with one attached hydrogen (secondary N) is 1. The van der Waals surface area contributed by atoms with Crippen LogP contribution in [-0.2, 0) is 4.74 Å². The molecule has 0 bridgehead atoms. The predicted octanol–water partition coefficient (Wildman–Crippen LogP) is 0.969. The number of nitrogens with zero attached hydrogens (tertiary/aromatic N) is 1. The molecule has 2 rings (SSSR count). The van der Waals surface area contributed by atoms with Gasteiger partial charge >= 0.3 is 6.09 Å². The highest BCUT2D eigenvalue weighted by Gasteiger charge is 2.32. The van der Waals surface area contributed by atoms with Crippen LogP contribution in [0, 0.1) is 0 Å². The third kappa shape index (κ3) is 2.18. The number of rotatable bonds is 2. The van der Waals surface area contributed by atoms with Gasteiger partial charge in [0, 0.05) is 25.7 Å². The van der Waals surface area contributed by atoms with Gasteiger partial charge in [0.25, 0.3) is 0 Å². The minimum absolute atomic E-state index is 0.110. The number of carbonyl (C=O) groups excluding carboxylic acids is 1. The molecular formula is C10H18N2O2. The fraction of sp³-hybridized carbons (Fsp3) is 0.900. The van der Waals surface area contributed by atoms with E-state index in [1.807, 2.05) is 4.90 Å². The number of ether oxygens (including phenoxy) is 1. The van der Waals surface area contributed by atoms with E-state index >= 15 is 0 Å². The topological polar surface area (TPSA) is 41.6 Å². The minimum atomic E-state index is -0.110. The lowest BCUT2D eigenvalue weighted by Gasteiger charge is -2.34. The fourth-order valence-electron chi connectivity index (χ4n) is 1.76. The predicted molar refractivity (Wildman–Crippen MR) is 53.2 cm³/mol. The first-order valence-corrected chi connectivity index (χ1v) is 5.49. The van der Waals surface area contributed by atoms with Crippen LogP contribution in [0.4, 0.5) is 4.79 Å². The third-order valence-corrected chi connectivity index (χ3v) is 2.85. The van der Waals surface area contributed by atoms with Crippen molar-refractivity contribution in [3.63, 3.8) is 0 Å². The highest BCUT2D eigenvalue weighted by Crippen LogP contribution is 2.25. The number of hydrogen-bond donors (Lipinski definition) is 1. The first-order valence-electron chi connectivity index (χ1n) is 5.49. The average Bonchev–Trinajstić information content (AvgIpc) is 3.01. The van der Waals surface area contributed by atoms with E-state index in [2.05, 4.69) is 12.2 Å². The molecule has 1 heterocycles. The van der Waals surface area contributed by atoms with Crippen molar-refractivity contribution in [1.29, 1.82) is 0 Å². The molecule has 0 unspecified atom stereocenters. The molecule has 14 heavy (non-hydrogen) atoms. The number of piperazine rings is 1. The van der Waals surface area contributed by atoms with Crippen LogP contribution in [0.15, 0.2) is 0 Å². The normalized spacial score (nSPS) is 27.5. The molecule has 0 aromatic heterocycles. The van der Waals surface area contributed by atoms with Crippen LogP contribution < -0.4 is 5.32 Å². The Balaban J connectivity index is 1.87. The highest BCUT2D eigenvalue weighted by atomic mass is 16.6. The van der Waals surface area contributed by atoms with Gasteiger partial charge in [0.2, 0.25) is 0 Å². The van der Waals surface area contributed by atoms with E-state index in [1.165, 1.54) is 0 Å². The van der Waals surface area contributed by atoms with Crippen LogP contribution in [0.3, 0.4) is 0 Å². The zero-order valence-electron chi connectivity index (χ0n) is 8.66. The Kier molecular flexibility index (Phi) is 2.91. The Morgan fingerprint density at radius 2 is 2.36 bits per heavy atom. The second-order valence-corrected chi connectivity index (χ2v) is 4.04. The van der Waals surface area contributed by atoms with Crippen molar-refractivity contribution in [3.05, 3.63) is 0 Å². The number of carbonyl (C=O) groups is 1. The van der Waals surface area contributed by atoms with Crippen LogP contribution in [0.1, 0.15) is 26.2 Å². The first kappa shape index (κ1) is 9.77. The molecule has 1 atom stereocenters. The number of amides is 1. The van der Waals surface area contributed by atoms with E-state index in [0.717, 1.165) is 38.9 Å². The van der Waals surface area contributed by atoms with Gasteiger partial charge in [0.1, 0.15) is 6.10 Å². The average molecular weight is 198 g/mol. The summed E-state index contributed by atoms with van der Waals surface area (Å²) in [7, 11) is 0. The second kappa shape index (κ2) is 4.17. The van der Waals surface area contributed by atoms with Gasteiger partial charge in [-0.15, -0.1) is 0 Å². The molecule has 80 valence electrons. The van der Waals surface area contributed by atoms with Gasteiger partial charge in [-0.2, -0.15) is 0 Å². The van der Waals surface area contributed by atoms with E-state index in [-0.39, 0.29) is 12.2 Å². The Morgan fingerprint density at radius 3 is 3.00 bits per heavy atom. The summed E-state index contributed by atoms with van der Waals surface area (Å²) in [5.41, 5.74) is 0. The smallest absolute Gasteiger partial charge is 0.410 e. The molecule has 0 aromatic rings. The molecule has 0 radical (unpaired) electrons. The van der Waals surface area contributed by atoms with Gasteiger partial charge in [-0.3, -0.25) is 0 Å². The Morgan fingerprint density at radius 1 is 1.57 bits per heavy atom. The maximum atomic E-state index is 11.7. The molecular weight excluding hydrogens is 180 g/mol. The molecule has 1 saturated carbocycles. The van der Waals surface area contributed by atoms with Crippen LogP contribution >= 0.6 is 0 Å². The highest BCUT2D eigenvalue weighted by molar-refractivity contribution is 5.68. The van der Waals surface area contributed by atoms with E-state index < -0.39 is 0 Å². The molecule has 1 amide bonds. The summed E-state index contributed by atoms with van der Waals surface area (Å²) < 4.78 is 5.29. The summed E-state index contributed by atoms with van der Waals surface area (Å²) in [5, 5.41) is 3.29. The van der Waals surface area contributed by atoms with Gasteiger partial charge in [0.05, 0.1) is 0 Å². The molecule has 1 saturated heterocycles. The van der Waals surface area contributed by atoms with Crippen LogP contribution in [0.25, 0.3) is 0 Å². The van der Waals surface area contributed by atoms with Gasteiger partial charge in [0.15, 0.2) is 0 Å². The molecule has 2 aliphatic rings. The SMILES string of the molecule is CC[C@H]1CNCCN1C(=O)OC1CC1. The summed E-state index contributed by atoms with van der Waals surface area (Å²) in [5.74, 6) is 0. The second-order valence-electron chi connectivity index (χ2n) is 4.04. The molecule has 0 aromatic carbocycles. The van der Waals surface area contributed by atoms with E-state index in [9.17, 15) is 4.79 Å². The fourth-order valence-corrected chi connectivity index (χ4v) is 1.76. The van der Waals surface area contributed by atoms with Crippen molar-refractivity contribution in [1.82, 2.24) is 10.2 Å².